The second-order valence-electron chi connectivity index (χ2n) is 3.98. The minimum atomic E-state index is -1.07. The smallest absolute Gasteiger partial charge is 0.337 e. The van der Waals surface area contributed by atoms with Gasteiger partial charge in [-0.1, -0.05) is 18.5 Å². The maximum absolute atomic E-state index is 11.0. The lowest BCUT2D eigenvalue weighted by atomic mass is 10.2. The zero-order valence-electron chi connectivity index (χ0n) is 10.1. The van der Waals surface area contributed by atoms with E-state index in [1.54, 1.807) is 17.5 Å². The third-order valence-corrected chi connectivity index (χ3v) is 3.96. The Labute approximate surface area is 119 Å². The fraction of sp³-hybridized carbons (Fsp3) is 0.250. The monoisotopic (exact) mass is 297 g/mol. The first-order valence-corrected chi connectivity index (χ1v) is 6.86. The maximum Gasteiger partial charge on any atom is 0.337 e. The van der Waals surface area contributed by atoms with Crippen LogP contribution in [-0.4, -0.2) is 27.6 Å². The summed E-state index contributed by atoms with van der Waals surface area (Å²) in [6.45, 7) is 2.62. The number of thiazole rings is 1. The number of aromatic nitrogens is 2. The van der Waals surface area contributed by atoms with E-state index in [1.165, 1.54) is 12.3 Å². The molecule has 0 aromatic carbocycles. The molecule has 1 atom stereocenters. The Morgan fingerprint density at radius 3 is 2.95 bits per heavy atom. The van der Waals surface area contributed by atoms with Crippen LogP contribution in [0.4, 0.5) is 5.82 Å². The molecule has 19 heavy (non-hydrogen) atoms. The number of halogens is 1. The largest absolute Gasteiger partial charge is 0.478 e. The van der Waals surface area contributed by atoms with E-state index in [9.17, 15) is 4.79 Å². The van der Waals surface area contributed by atoms with Gasteiger partial charge in [0.1, 0.15) is 5.82 Å². The van der Waals surface area contributed by atoms with Crippen molar-refractivity contribution < 1.29 is 9.90 Å². The highest BCUT2D eigenvalue weighted by atomic mass is 35.5. The Bertz CT molecular complexity index is 574. The second-order valence-corrected chi connectivity index (χ2v) is 5.28. The maximum atomic E-state index is 11.0. The Hall–Kier alpha value is -1.66. The standard InChI is InChI=1S/C12H12ClN3O2S/c1-7(11-15-4-5-19-11)6-16-10-9(13)8(12(17)18)2-3-14-10/h2-5,7H,6H2,1H3,(H,14,16)(H,17,18). The van der Waals surface area contributed by atoms with Gasteiger partial charge in [0.05, 0.1) is 15.6 Å². The number of nitrogens with one attached hydrogen (secondary N) is 1. The number of hydrogen-bond donors (Lipinski definition) is 2. The molecule has 2 heterocycles. The predicted octanol–water partition coefficient (Wildman–Crippen LogP) is 3.11. The van der Waals surface area contributed by atoms with Crippen LogP contribution in [0.5, 0.6) is 0 Å². The topological polar surface area (TPSA) is 75.1 Å². The highest BCUT2D eigenvalue weighted by molar-refractivity contribution is 7.09. The van der Waals surface area contributed by atoms with Gasteiger partial charge in [0.25, 0.3) is 0 Å². The van der Waals surface area contributed by atoms with Gasteiger partial charge in [0, 0.05) is 30.2 Å². The molecular weight excluding hydrogens is 286 g/mol. The van der Waals surface area contributed by atoms with Crippen LogP contribution < -0.4 is 5.32 Å². The van der Waals surface area contributed by atoms with E-state index in [-0.39, 0.29) is 16.5 Å². The zero-order valence-corrected chi connectivity index (χ0v) is 11.7. The van der Waals surface area contributed by atoms with Gasteiger partial charge in [-0.3, -0.25) is 0 Å². The summed E-state index contributed by atoms with van der Waals surface area (Å²) in [7, 11) is 0. The lowest BCUT2D eigenvalue weighted by Crippen LogP contribution is -2.12. The molecule has 0 amide bonds. The van der Waals surface area contributed by atoms with Crippen molar-refractivity contribution >= 4 is 34.7 Å². The summed E-state index contributed by atoms with van der Waals surface area (Å²) >= 11 is 7.57. The van der Waals surface area contributed by atoms with Gasteiger partial charge < -0.3 is 10.4 Å². The first-order chi connectivity index (χ1) is 9.09. The molecular formula is C12H12ClN3O2S. The normalized spacial score (nSPS) is 12.1. The Kier molecular flexibility index (Phi) is 4.34. The van der Waals surface area contributed by atoms with Crippen LogP contribution in [0.2, 0.25) is 5.02 Å². The lowest BCUT2D eigenvalue weighted by Gasteiger charge is -2.12. The Morgan fingerprint density at radius 1 is 1.53 bits per heavy atom. The molecule has 2 aromatic rings. The molecule has 2 N–H and O–H groups in total. The Balaban J connectivity index is 2.08. The molecule has 100 valence electrons. The van der Waals surface area contributed by atoms with Crippen molar-refractivity contribution in [1.29, 1.82) is 0 Å². The van der Waals surface area contributed by atoms with Crippen LogP contribution in [-0.2, 0) is 0 Å². The fourth-order valence-electron chi connectivity index (χ4n) is 1.55. The van der Waals surface area contributed by atoms with Crippen LogP contribution >= 0.6 is 22.9 Å². The van der Waals surface area contributed by atoms with Crippen molar-refractivity contribution in [3.63, 3.8) is 0 Å². The molecule has 5 nitrogen and oxygen atoms in total. The molecule has 0 radical (unpaired) electrons. The molecule has 0 aliphatic heterocycles. The predicted molar refractivity (Wildman–Crippen MR) is 75.2 cm³/mol. The number of anilines is 1. The minimum Gasteiger partial charge on any atom is -0.478 e. The van der Waals surface area contributed by atoms with Gasteiger partial charge in [-0.25, -0.2) is 14.8 Å². The summed E-state index contributed by atoms with van der Waals surface area (Å²) in [4.78, 5) is 19.2. The van der Waals surface area contributed by atoms with Gasteiger partial charge >= 0.3 is 5.97 Å². The summed E-state index contributed by atoms with van der Waals surface area (Å²) in [5, 5.41) is 15.1. The number of rotatable bonds is 5. The van der Waals surface area contributed by atoms with Gasteiger partial charge in [-0.2, -0.15) is 0 Å². The van der Waals surface area contributed by atoms with Crippen LogP contribution in [0, 0.1) is 0 Å². The SMILES string of the molecule is CC(CNc1nccc(C(=O)O)c1Cl)c1nccs1. The number of nitrogens with zero attached hydrogens (tertiary/aromatic N) is 2. The van der Waals surface area contributed by atoms with Crippen molar-refractivity contribution in [2.45, 2.75) is 12.8 Å². The van der Waals surface area contributed by atoms with E-state index in [2.05, 4.69) is 15.3 Å². The number of aromatic carboxylic acids is 1. The average Bonchev–Trinajstić information content (AvgIpc) is 2.90. The zero-order chi connectivity index (χ0) is 13.8. The van der Waals surface area contributed by atoms with Crippen molar-refractivity contribution in [2.24, 2.45) is 0 Å². The highest BCUT2D eigenvalue weighted by Crippen LogP contribution is 2.25. The molecule has 0 bridgehead atoms. The molecule has 1 unspecified atom stereocenters. The number of pyridine rings is 1. The van der Waals surface area contributed by atoms with Crippen LogP contribution in [0.25, 0.3) is 0 Å². The van der Waals surface area contributed by atoms with E-state index >= 15 is 0 Å². The van der Waals surface area contributed by atoms with Crippen LogP contribution in [0.3, 0.4) is 0 Å². The van der Waals surface area contributed by atoms with Crippen molar-refractivity contribution in [1.82, 2.24) is 9.97 Å². The highest BCUT2D eigenvalue weighted by Gasteiger charge is 2.14. The molecule has 0 spiro atoms. The van der Waals surface area contributed by atoms with Gasteiger partial charge in [-0.15, -0.1) is 11.3 Å². The number of hydrogen-bond acceptors (Lipinski definition) is 5. The van der Waals surface area contributed by atoms with E-state index in [0.717, 1.165) is 5.01 Å². The first-order valence-electron chi connectivity index (χ1n) is 5.60. The Morgan fingerprint density at radius 2 is 2.32 bits per heavy atom. The third kappa shape index (κ3) is 3.21. The molecule has 0 aliphatic carbocycles. The van der Waals surface area contributed by atoms with Crippen molar-refractivity contribution in [2.75, 3.05) is 11.9 Å². The summed E-state index contributed by atoms with van der Waals surface area (Å²) in [5.74, 6) is -0.486. The van der Waals surface area contributed by atoms with E-state index in [4.69, 9.17) is 16.7 Å². The van der Waals surface area contributed by atoms with Gasteiger partial charge in [-0.05, 0) is 6.07 Å². The summed E-state index contributed by atoms with van der Waals surface area (Å²) in [5.41, 5.74) is 0.0427. The van der Waals surface area contributed by atoms with Gasteiger partial charge in [0.15, 0.2) is 0 Å². The second kappa shape index (κ2) is 5.99. The molecule has 0 saturated heterocycles. The van der Waals surface area contributed by atoms with E-state index in [1.807, 2.05) is 12.3 Å². The summed E-state index contributed by atoms with van der Waals surface area (Å²) in [6.07, 6.45) is 3.18. The van der Waals surface area contributed by atoms with Crippen LogP contribution in [0.1, 0.15) is 28.2 Å². The molecule has 7 heteroatoms. The summed E-state index contributed by atoms with van der Waals surface area (Å²) < 4.78 is 0. The molecule has 0 fully saturated rings. The van der Waals surface area contributed by atoms with Crippen molar-refractivity contribution in [3.05, 3.63) is 39.4 Å². The molecule has 0 saturated carbocycles. The third-order valence-electron chi connectivity index (χ3n) is 2.57. The first kappa shape index (κ1) is 13.8. The van der Waals surface area contributed by atoms with E-state index in [0.29, 0.717) is 12.4 Å². The molecule has 0 aliphatic rings. The molecule has 2 aromatic heterocycles. The van der Waals surface area contributed by atoms with Crippen molar-refractivity contribution in [3.8, 4) is 0 Å². The van der Waals surface area contributed by atoms with E-state index < -0.39 is 5.97 Å². The quantitative estimate of drug-likeness (QED) is 0.887. The lowest BCUT2D eigenvalue weighted by molar-refractivity contribution is 0.0697. The molecule has 2 rings (SSSR count). The average molecular weight is 298 g/mol. The summed E-state index contributed by atoms with van der Waals surface area (Å²) in [6, 6.07) is 1.38. The van der Waals surface area contributed by atoms with Gasteiger partial charge in [0.2, 0.25) is 0 Å². The number of carboxylic acids is 1. The fourth-order valence-corrected chi connectivity index (χ4v) is 2.51. The number of carboxylic acid groups (broad SMARTS) is 1. The van der Waals surface area contributed by atoms with Crippen LogP contribution in [0.15, 0.2) is 23.8 Å². The minimum absolute atomic E-state index is 0.0427. The number of carbonyl (C=O) groups is 1.